The van der Waals surface area contributed by atoms with Crippen LogP contribution in [0.1, 0.15) is 0 Å². The van der Waals surface area contributed by atoms with Crippen molar-refractivity contribution < 1.29 is 0 Å². The maximum Gasteiger partial charge on any atom is 0.0629 e. The number of anilines is 1. The normalized spacial score (nSPS) is 9.92. The second-order valence-corrected chi connectivity index (χ2v) is 4.02. The van der Waals surface area contributed by atoms with Gasteiger partial charge in [0.2, 0.25) is 0 Å². The van der Waals surface area contributed by atoms with Crippen LogP contribution in [0.25, 0.3) is 0 Å². The molecule has 0 aliphatic heterocycles. The van der Waals surface area contributed by atoms with E-state index in [-0.39, 0.29) is 0 Å². The van der Waals surface area contributed by atoms with Crippen LogP contribution < -0.4 is 11.1 Å². The van der Waals surface area contributed by atoms with Crippen LogP contribution in [0.15, 0.2) is 27.1 Å². The molecule has 1 aromatic rings. The molecule has 0 bridgehead atoms. The Balaban J connectivity index is 2.81. The van der Waals surface area contributed by atoms with Gasteiger partial charge in [0, 0.05) is 22.0 Å². The molecule has 3 N–H and O–H groups in total. The van der Waals surface area contributed by atoms with Gasteiger partial charge in [0.25, 0.3) is 0 Å². The minimum Gasteiger partial charge on any atom is -0.382 e. The van der Waals surface area contributed by atoms with Crippen molar-refractivity contribution in [2.75, 3.05) is 18.4 Å². The van der Waals surface area contributed by atoms with Crippen molar-refractivity contribution >= 4 is 37.5 Å². The first kappa shape index (κ1) is 10.0. The van der Waals surface area contributed by atoms with Gasteiger partial charge in [-0.1, -0.05) is 6.07 Å². The monoisotopic (exact) mass is 292 g/mol. The summed E-state index contributed by atoms with van der Waals surface area (Å²) in [6.45, 7) is 1.41. The van der Waals surface area contributed by atoms with Gasteiger partial charge in [-0.2, -0.15) is 0 Å². The maximum absolute atomic E-state index is 5.38. The van der Waals surface area contributed by atoms with Crippen molar-refractivity contribution in [1.29, 1.82) is 0 Å². The molecule has 1 aromatic carbocycles. The number of para-hydroxylation sites is 1. The quantitative estimate of drug-likeness (QED) is 0.899. The second-order valence-electron chi connectivity index (χ2n) is 2.31. The summed E-state index contributed by atoms with van der Waals surface area (Å²) in [5, 5.41) is 3.21. The molecular formula is C8H10Br2N2. The van der Waals surface area contributed by atoms with E-state index in [2.05, 4.69) is 37.2 Å². The minimum absolute atomic E-state index is 0.633. The predicted octanol–water partition coefficient (Wildman–Crippen LogP) is 2.58. The second kappa shape index (κ2) is 4.84. The van der Waals surface area contributed by atoms with Gasteiger partial charge in [0.05, 0.1) is 5.69 Å². The highest BCUT2D eigenvalue weighted by molar-refractivity contribution is 9.11. The van der Waals surface area contributed by atoms with Gasteiger partial charge < -0.3 is 11.1 Å². The maximum atomic E-state index is 5.38. The molecule has 0 aliphatic carbocycles. The van der Waals surface area contributed by atoms with Crippen LogP contribution in [0.3, 0.4) is 0 Å². The van der Waals surface area contributed by atoms with Crippen LogP contribution >= 0.6 is 31.9 Å². The number of benzene rings is 1. The van der Waals surface area contributed by atoms with Crippen molar-refractivity contribution in [3.8, 4) is 0 Å². The van der Waals surface area contributed by atoms with E-state index >= 15 is 0 Å². The standard InChI is InChI=1S/C8H10Br2N2/c9-6-2-1-3-7(10)8(6)12-5-4-11/h1-3,12H,4-5,11H2. The van der Waals surface area contributed by atoms with Crippen molar-refractivity contribution in [3.05, 3.63) is 27.1 Å². The smallest absolute Gasteiger partial charge is 0.0629 e. The summed E-state index contributed by atoms with van der Waals surface area (Å²) in [6.07, 6.45) is 0. The van der Waals surface area contributed by atoms with Crippen LogP contribution in [0.5, 0.6) is 0 Å². The molecule has 1 rings (SSSR count). The summed E-state index contributed by atoms with van der Waals surface area (Å²) in [6, 6.07) is 5.95. The number of halogens is 2. The average Bonchev–Trinajstić information content (AvgIpc) is 2.04. The summed E-state index contributed by atoms with van der Waals surface area (Å²) in [5.74, 6) is 0. The van der Waals surface area contributed by atoms with Crippen LogP contribution in [0.4, 0.5) is 5.69 Å². The van der Waals surface area contributed by atoms with Crippen molar-refractivity contribution in [1.82, 2.24) is 0 Å². The molecule has 0 saturated heterocycles. The van der Waals surface area contributed by atoms with Gasteiger partial charge in [0.15, 0.2) is 0 Å². The Morgan fingerprint density at radius 3 is 2.33 bits per heavy atom. The fraction of sp³-hybridized carbons (Fsp3) is 0.250. The molecule has 0 amide bonds. The summed E-state index contributed by atoms with van der Waals surface area (Å²) >= 11 is 6.89. The number of nitrogens with one attached hydrogen (secondary N) is 1. The van der Waals surface area contributed by atoms with Crippen molar-refractivity contribution in [2.45, 2.75) is 0 Å². The lowest BCUT2D eigenvalue weighted by atomic mass is 10.3. The molecule has 0 fully saturated rings. The molecule has 0 saturated carbocycles. The molecule has 12 heavy (non-hydrogen) atoms. The van der Waals surface area contributed by atoms with E-state index in [4.69, 9.17) is 5.73 Å². The zero-order valence-electron chi connectivity index (χ0n) is 6.48. The first-order valence-corrected chi connectivity index (χ1v) is 5.22. The molecule has 66 valence electrons. The van der Waals surface area contributed by atoms with E-state index in [1.165, 1.54) is 0 Å². The molecule has 0 unspecified atom stereocenters. The Hall–Kier alpha value is -0.0600. The van der Waals surface area contributed by atoms with Gasteiger partial charge in [-0.25, -0.2) is 0 Å². The summed E-state index contributed by atoms with van der Waals surface area (Å²) in [4.78, 5) is 0. The molecule has 4 heteroatoms. The van der Waals surface area contributed by atoms with Crippen LogP contribution in [0.2, 0.25) is 0 Å². The zero-order valence-corrected chi connectivity index (χ0v) is 9.65. The molecule has 0 aliphatic rings. The third-order valence-electron chi connectivity index (χ3n) is 1.41. The SMILES string of the molecule is NCCNc1c(Br)cccc1Br. The lowest BCUT2D eigenvalue weighted by molar-refractivity contribution is 1.02. The first-order valence-electron chi connectivity index (χ1n) is 3.63. The highest BCUT2D eigenvalue weighted by atomic mass is 79.9. The van der Waals surface area contributed by atoms with Crippen LogP contribution in [-0.4, -0.2) is 13.1 Å². The third kappa shape index (κ3) is 2.47. The van der Waals surface area contributed by atoms with E-state index in [0.717, 1.165) is 21.2 Å². The first-order chi connectivity index (χ1) is 5.75. The lowest BCUT2D eigenvalue weighted by Gasteiger charge is -2.08. The van der Waals surface area contributed by atoms with Crippen LogP contribution in [-0.2, 0) is 0 Å². The van der Waals surface area contributed by atoms with E-state index in [9.17, 15) is 0 Å². The molecular weight excluding hydrogens is 284 g/mol. The molecule has 0 spiro atoms. The zero-order chi connectivity index (χ0) is 8.97. The van der Waals surface area contributed by atoms with Gasteiger partial charge in [-0.05, 0) is 44.0 Å². The number of hydrogen-bond acceptors (Lipinski definition) is 2. The van der Waals surface area contributed by atoms with Crippen molar-refractivity contribution in [3.63, 3.8) is 0 Å². The summed E-state index contributed by atoms with van der Waals surface area (Å²) in [5.41, 5.74) is 6.44. The van der Waals surface area contributed by atoms with Gasteiger partial charge in [0.1, 0.15) is 0 Å². The Morgan fingerprint density at radius 2 is 1.83 bits per heavy atom. The van der Waals surface area contributed by atoms with E-state index in [1.54, 1.807) is 0 Å². The molecule has 2 nitrogen and oxygen atoms in total. The fourth-order valence-electron chi connectivity index (χ4n) is 0.864. The minimum atomic E-state index is 0.633. The molecule has 0 atom stereocenters. The Morgan fingerprint density at radius 1 is 1.25 bits per heavy atom. The topological polar surface area (TPSA) is 38.0 Å². The van der Waals surface area contributed by atoms with Gasteiger partial charge in [-0.15, -0.1) is 0 Å². The Kier molecular flexibility index (Phi) is 4.05. The highest BCUT2D eigenvalue weighted by Gasteiger charge is 2.01. The lowest BCUT2D eigenvalue weighted by Crippen LogP contribution is -2.13. The van der Waals surface area contributed by atoms with E-state index < -0.39 is 0 Å². The van der Waals surface area contributed by atoms with Crippen LogP contribution in [0, 0.1) is 0 Å². The summed E-state index contributed by atoms with van der Waals surface area (Å²) in [7, 11) is 0. The number of nitrogens with two attached hydrogens (primary N) is 1. The number of hydrogen-bond donors (Lipinski definition) is 2. The fourth-order valence-corrected chi connectivity index (χ4v) is 2.14. The highest BCUT2D eigenvalue weighted by Crippen LogP contribution is 2.29. The van der Waals surface area contributed by atoms with Crippen molar-refractivity contribution in [2.24, 2.45) is 5.73 Å². The van der Waals surface area contributed by atoms with E-state index in [1.807, 2.05) is 18.2 Å². The third-order valence-corrected chi connectivity index (χ3v) is 2.73. The predicted molar refractivity (Wildman–Crippen MR) is 59.4 cm³/mol. The molecule has 0 aromatic heterocycles. The summed E-state index contributed by atoms with van der Waals surface area (Å²) < 4.78 is 2.09. The molecule has 0 heterocycles. The van der Waals surface area contributed by atoms with Gasteiger partial charge in [-0.3, -0.25) is 0 Å². The van der Waals surface area contributed by atoms with E-state index in [0.29, 0.717) is 6.54 Å². The Bertz CT molecular complexity index is 243. The number of rotatable bonds is 3. The average molecular weight is 294 g/mol. The van der Waals surface area contributed by atoms with Gasteiger partial charge >= 0.3 is 0 Å². The molecule has 0 radical (unpaired) electrons. The Labute approximate surface area is 88.8 Å². The largest absolute Gasteiger partial charge is 0.382 e.